The summed E-state index contributed by atoms with van der Waals surface area (Å²) in [6, 6.07) is 15.8. The minimum Gasteiger partial charge on any atom is -0.299 e. The number of amides is 1. The van der Waals surface area contributed by atoms with Gasteiger partial charge < -0.3 is 0 Å². The van der Waals surface area contributed by atoms with Gasteiger partial charge in [0.2, 0.25) is 0 Å². The Bertz CT molecular complexity index is 1140. The Kier molecular flexibility index (Phi) is 8.22. The number of nitrogens with one attached hydrogen (secondary N) is 1. The lowest BCUT2D eigenvalue weighted by Crippen LogP contribution is -2.22. The molecule has 1 aromatic heterocycles. The molecule has 33 heavy (non-hydrogen) atoms. The van der Waals surface area contributed by atoms with Gasteiger partial charge in [0, 0.05) is 21.1 Å². The summed E-state index contributed by atoms with van der Waals surface area (Å²) in [5, 5.41) is 14.6. The highest BCUT2D eigenvalue weighted by Gasteiger charge is 2.24. The molecule has 1 heterocycles. The number of thioether (sulfide) groups is 1. The van der Waals surface area contributed by atoms with Gasteiger partial charge in [-0.05, 0) is 61.7 Å². The monoisotopic (exact) mass is 545 g/mol. The molecule has 2 aromatic carbocycles. The van der Waals surface area contributed by atoms with Gasteiger partial charge in [0.05, 0.1) is 11.5 Å². The summed E-state index contributed by atoms with van der Waals surface area (Å²) in [5.41, 5.74) is 5.32. The molecule has 1 aliphatic carbocycles. The number of hydrogen-bond donors (Lipinski definition) is 1. The van der Waals surface area contributed by atoms with Crippen molar-refractivity contribution in [3.05, 3.63) is 63.6 Å². The Morgan fingerprint density at radius 2 is 1.94 bits per heavy atom. The largest absolute Gasteiger partial charge is 0.299 e. The Morgan fingerprint density at radius 3 is 2.67 bits per heavy atom. The molecule has 0 bridgehead atoms. The molecule has 1 amide bonds. The van der Waals surface area contributed by atoms with Crippen molar-refractivity contribution in [1.29, 1.82) is 0 Å². The molecule has 0 unspecified atom stereocenters. The first-order valence-corrected chi connectivity index (χ1v) is 13.1. The van der Waals surface area contributed by atoms with Crippen molar-refractivity contribution in [3.63, 3.8) is 0 Å². The molecule has 1 aliphatic rings. The topological polar surface area (TPSA) is 72.2 Å². The van der Waals surface area contributed by atoms with E-state index in [1.807, 2.05) is 55.5 Å². The van der Waals surface area contributed by atoms with E-state index in [2.05, 4.69) is 41.2 Å². The zero-order chi connectivity index (χ0) is 23.2. The fourth-order valence-corrected chi connectivity index (χ4v) is 5.25. The predicted octanol–water partition coefficient (Wildman–Crippen LogP) is 6.50. The van der Waals surface area contributed by atoms with E-state index in [1.54, 1.807) is 0 Å². The van der Waals surface area contributed by atoms with Gasteiger partial charge in [-0.25, -0.2) is 5.43 Å². The number of halogens is 2. The van der Waals surface area contributed by atoms with Gasteiger partial charge >= 0.3 is 0 Å². The molecule has 0 aliphatic heterocycles. The number of nitrogens with zero attached hydrogens (tertiary/aromatic N) is 4. The molecular formula is C24H25BrClN5OS. The van der Waals surface area contributed by atoms with Crippen LogP contribution in [0.25, 0.3) is 11.4 Å². The van der Waals surface area contributed by atoms with Crippen LogP contribution in [0.15, 0.2) is 63.3 Å². The highest BCUT2D eigenvalue weighted by molar-refractivity contribution is 9.10. The van der Waals surface area contributed by atoms with Crippen LogP contribution in [0.3, 0.4) is 0 Å². The molecule has 1 fully saturated rings. The number of hydrazone groups is 1. The fraction of sp³-hybridized carbons (Fsp3) is 0.333. The van der Waals surface area contributed by atoms with Crippen LogP contribution in [0.4, 0.5) is 0 Å². The van der Waals surface area contributed by atoms with Crippen molar-refractivity contribution in [2.45, 2.75) is 50.2 Å². The van der Waals surface area contributed by atoms with Crippen LogP contribution in [0.1, 0.15) is 50.6 Å². The molecular weight excluding hydrogens is 522 g/mol. The van der Waals surface area contributed by atoms with Crippen molar-refractivity contribution in [2.24, 2.45) is 5.10 Å². The summed E-state index contributed by atoms with van der Waals surface area (Å²) in [5.74, 6) is 0.853. The normalized spacial score (nSPS) is 14.9. The highest BCUT2D eigenvalue weighted by Crippen LogP contribution is 2.35. The molecule has 9 heteroatoms. The van der Waals surface area contributed by atoms with Gasteiger partial charge in [0.1, 0.15) is 0 Å². The van der Waals surface area contributed by atoms with Gasteiger partial charge in [-0.3, -0.25) is 9.36 Å². The van der Waals surface area contributed by atoms with Crippen LogP contribution in [-0.4, -0.2) is 32.1 Å². The van der Waals surface area contributed by atoms with E-state index in [4.69, 9.17) is 11.6 Å². The van der Waals surface area contributed by atoms with Crippen molar-refractivity contribution >= 4 is 50.9 Å². The second kappa shape index (κ2) is 11.3. The standard InChI is InChI=1S/C24H25BrClN5OS/c1-16(18-6-5-7-19(25)14-18)27-28-22(32)15-33-24-30-29-23(17-10-12-20(26)13-11-17)31(24)21-8-3-2-4-9-21/h5-7,10-14,21H,2-4,8-9,15H2,1H3,(H,28,32)/b27-16-. The zero-order valence-electron chi connectivity index (χ0n) is 18.3. The second-order valence-corrected chi connectivity index (χ2v) is 10.3. The van der Waals surface area contributed by atoms with E-state index in [-0.39, 0.29) is 11.7 Å². The summed E-state index contributed by atoms with van der Waals surface area (Å²) in [6.45, 7) is 1.87. The number of carbonyl (C=O) groups excluding carboxylic acids is 1. The molecule has 0 saturated heterocycles. The quantitative estimate of drug-likeness (QED) is 0.209. The molecule has 1 saturated carbocycles. The van der Waals surface area contributed by atoms with E-state index < -0.39 is 0 Å². The van der Waals surface area contributed by atoms with E-state index in [9.17, 15) is 4.79 Å². The predicted molar refractivity (Wildman–Crippen MR) is 138 cm³/mol. The highest BCUT2D eigenvalue weighted by atomic mass is 79.9. The SMILES string of the molecule is C/C(=N/NC(=O)CSc1nnc(-c2ccc(Cl)cc2)n1C1CCCCC1)c1cccc(Br)c1. The van der Waals surface area contributed by atoms with Crippen LogP contribution in [0, 0.1) is 0 Å². The van der Waals surface area contributed by atoms with E-state index in [0.717, 1.165) is 45.1 Å². The Labute approximate surface area is 211 Å². The third-order valence-electron chi connectivity index (χ3n) is 5.63. The van der Waals surface area contributed by atoms with E-state index in [1.165, 1.54) is 31.0 Å². The molecule has 4 rings (SSSR count). The first kappa shape index (κ1) is 24.0. The molecule has 1 N–H and O–H groups in total. The lowest BCUT2D eigenvalue weighted by Gasteiger charge is -2.25. The lowest BCUT2D eigenvalue weighted by molar-refractivity contribution is -0.118. The third-order valence-corrected chi connectivity index (χ3v) is 7.32. The first-order chi connectivity index (χ1) is 16.0. The number of hydrogen-bond acceptors (Lipinski definition) is 5. The minimum atomic E-state index is -0.180. The molecule has 0 radical (unpaired) electrons. The molecule has 0 spiro atoms. The average Bonchev–Trinajstić information content (AvgIpc) is 3.26. The van der Waals surface area contributed by atoms with Gasteiger partial charge in [0.15, 0.2) is 11.0 Å². The van der Waals surface area contributed by atoms with Gasteiger partial charge in [-0.2, -0.15) is 5.10 Å². The first-order valence-electron chi connectivity index (χ1n) is 10.9. The number of rotatable bonds is 7. The van der Waals surface area contributed by atoms with Crippen molar-refractivity contribution in [1.82, 2.24) is 20.2 Å². The minimum absolute atomic E-state index is 0.180. The Morgan fingerprint density at radius 1 is 1.18 bits per heavy atom. The molecule has 0 atom stereocenters. The van der Waals surface area contributed by atoms with Crippen LogP contribution < -0.4 is 5.43 Å². The maximum atomic E-state index is 12.5. The van der Waals surface area contributed by atoms with Gasteiger partial charge in [0.25, 0.3) is 5.91 Å². The second-order valence-electron chi connectivity index (χ2n) is 8.01. The van der Waals surface area contributed by atoms with Crippen molar-refractivity contribution < 1.29 is 4.79 Å². The van der Waals surface area contributed by atoms with Crippen LogP contribution in [-0.2, 0) is 4.79 Å². The number of carbonyl (C=O) groups is 1. The van der Waals surface area contributed by atoms with Gasteiger partial charge in [-0.15, -0.1) is 10.2 Å². The lowest BCUT2D eigenvalue weighted by atomic mass is 9.95. The number of aromatic nitrogens is 3. The van der Waals surface area contributed by atoms with Crippen LogP contribution in [0.5, 0.6) is 0 Å². The Hall–Kier alpha value is -2.16. The summed E-state index contributed by atoms with van der Waals surface area (Å²) in [7, 11) is 0. The van der Waals surface area contributed by atoms with Crippen molar-refractivity contribution in [3.8, 4) is 11.4 Å². The maximum absolute atomic E-state index is 12.5. The fourth-order valence-electron chi connectivity index (χ4n) is 3.93. The maximum Gasteiger partial charge on any atom is 0.250 e. The Balaban J connectivity index is 1.47. The summed E-state index contributed by atoms with van der Waals surface area (Å²) >= 11 is 10.9. The summed E-state index contributed by atoms with van der Waals surface area (Å²) < 4.78 is 3.17. The molecule has 172 valence electrons. The smallest absolute Gasteiger partial charge is 0.250 e. The van der Waals surface area contributed by atoms with E-state index in [0.29, 0.717) is 11.1 Å². The van der Waals surface area contributed by atoms with Crippen LogP contribution in [0.2, 0.25) is 5.02 Å². The zero-order valence-corrected chi connectivity index (χ0v) is 21.5. The van der Waals surface area contributed by atoms with Gasteiger partial charge in [-0.1, -0.05) is 70.7 Å². The van der Waals surface area contributed by atoms with Crippen molar-refractivity contribution in [2.75, 3.05) is 5.75 Å². The third kappa shape index (κ3) is 6.25. The molecule has 6 nitrogen and oxygen atoms in total. The average molecular weight is 547 g/mol. The summed E-state index contributed by atoms with van der Waals surface area (Å²) in [6.07, 6.45) is 5.83. The summed E-state index contributed by atoms with van der Waals surface area (Å²) in [4.78, 5) is 12.5. The molecule has 3 aromatic rings. The van der Waals surface area contributed by atoms with E-state index >= 15 is 0 Å². The van der Waals surface area contributed by atoms with Crippen LogP contribution >= 0.6 is 39.3 Å². The number of benzene rings is 2.